The topological polar surface area (TPSA) is 60.4 Å². The number of sulfone groups is 1. The van der Waals surface area contributed by atoms with Crippen LogP contribution in [-0.4, -0.2) is 31.8 Å². The molecule has 0 saturated carbocycles. The molecule has 0 N–H and O–H groups in total. The molecule has 0 amide bonds. The van der Waals surface area contributed by atoms with Gasteiger partial charge in [-0.1, -0.05) is 6.42 Å². The van der Waals surface area contributed by atoms with E-state index in [9.17, 15) is 13.2 Å². The van der Waals surface area contributed by atoms with E-state index in [1.807, 2.05) is 0 Å². The van der Waals surface area contributed by atoms with Crippen LogP contribution in [0.15, 0.2) is 18.2 Å². The van der Waals surface area contributed by atoms with E-state index in [-0.39, 0.29) is 11.5 Å². The standard InChI is InChI=1S/C14H16O4S/c15-14(13-3-1-2-8-19(13,16)17)11-4-5-12-10(9-11)6-7-18-12/h4-5,9,13H,1-3,6-8H2. The van der Waals surface area contributed by atoms with E-state index in [0.717, 1.165) is 24.2 Å². The summed E-state index contributed by atoms with van der Waals surface area (Å²) in [5.74, 6) is 0.690. The predicted octanol–water partition coefficient (Wildman–Crippen LogP) is 1.77. The highest BCUT2D eigenvalue weighted by Gasteiger charge is 2.35. The number of Topliss-reactive ketones (excluding diaryl/α,β-unsaturated/α-hetero) is 1. The van der Waals surface area contributed by atoms with E-state index in [4.69, 9.17) is 4.74 Å². The van der Waals surface area contributed by atoms with E-state index in [1.54, 1.807) is 18.2 Å². The van der Waals surface area contributed by atoms with Gasteiger partial charge in [0, 0.05) is 12.0 Å². The van der Waals surface area contributed by atoms with Gasteiger partial charge in [-0.2, -0.15) is 0 Å². The van der Waals surface area contributed by atoms with Gasteiger partial charge in [-0.05, 0) is 36.6 Å². The Labute approximate surface area is 112 Å². The Bertz CT molecular complexity index is 618. The minimum Gasteiger partial charge on any atom is -0.493 e. The number of ether oxygens (including phenoxy) is 1. The molecule has 0 aromatic heterocycles. The van der Waals surface area contributed by atoms with Crippen LogP contribution in [0.4, 0.5) is 0 Å². The molecule has 2 aliphatic rings. The maximum Gasteiger partial charge on any atom is 0.180 e. The van der Waals surface area contributed by atoms with Crippen molar-refractivity contribution in [2.45, 2.75) is 30.9 Å². The van der Waals surface area contributed by atoms with Crippen molar-refractivity contribution in [2.75, 3.05) is 12.4 Å². The maximum absolute atomic E-state index is 12.4. The molecule has 1 saturated heterocycles. The highest BCUT2D eigenvalue weighted by molar-refractivity contribution is 7.92. The monoisotopic (exact) mass is 280 g/mol. The minimum atomic E-state index is -3.27. The van der Waals surface area contributed by atoms with Crippen molar-refractivity contribution in [3.63, 3.8) is 0 Å². The number of fused-ring (bicyclic) bond motifs is 1. The average Bonchev–Trinajstić information content (AvgIpc) is 2.84. The van der Waals surface area contributed by atoms with E-state index in [0.29, 0.717) is 25.0 Å². The largest absolute Gasteiger partial charge is 0.493 e. The molecule has 1 aromatic rings. The zero-order valence-electron chi connectivity index (χ0n) is 10.6. The number of rotatable bonds is 2. The van der Waals surface area contributed by atoms with Crippen molar-refractivity contribution < 1.29 is 17.9 Å². The highest BCUT2D eigenvalue weighted by Crippen LogP contribution is 2.28. The molecule has 2 aliphatic heterocycles. The molecule has 1 fully saturated rings. The number of hydrogen-bond acceptors (Lipinski definition) is 4. The second kappa shape index (κ2) is 4.63. The molecule has 102 valence electrons. The van der Waals surface area contributed by atoms with Gasteiger partial charge in [0.05, 0.1) is 12.4 Å². The first kappa shape index (κ1) is 12.7. The molecule has 0 aliphatic carbocycles. The predicted molar refractivity (Wildman–Crippen MR) is 71.4 cm³/mol. The first-order chi connectivity index (χ1) is 9.08. The molecule has 19 heavy (non-hydrogen) atoms. The molecule has 1 atom stereocenters. The van der Waals surface area contributed by atoms with Crippen molar-refractivity contribution in [1.29, 1.82) is 0 Å². The molecule has 0 radical (unpaired) electrons. The van der Waals surface area contributed by atoms with Gasteiger partial charge in [0.2, 0.25) is 0 Å². The Morgan fingerprint density at radius 1 is 1.26 bits per heavy atom. The number of carbonyl (C=O) groups excluding carboxylic acids is 1. The lowest BCUT2D eigenvalue weighted by Gasteiger charge is -2.21. The minimum absolute atomic E-state index is 0.136. The zero-order chi connectivity index (χ0) is 13.5. The Morgan fingerprint density at radius 3 is 2.89 bits per heavy atom. The van der Waals surface area contributed by atoms with Crippen LogP contribution >= 0.6 is 0 Å². The second-order valence-electron chi connectivity index (χ2n) is 5.14. The molecular formula is C14H16O4S. The second-order valence-corrected chi connectivity index (χ2v) is 7.44. The van der Waals surface area contributed by atoms with Gasteiger partial charge in [-0.3, -0.25) is 4.79 Å². The summed E-state index contributed by atoms with van der Waals surface area (Å²) in [5.41, 5.74) is 1.50. The lowest BCUT2D eigenvalue weighted by atomic mass is 10.0. The third-order valence-electron chi connectivity index (χ3n) is 3.85. The third-order valence-corrected chi connectivity index (χ3v) is 6.02. The van der Waals surface area contributed by atoms with Gasteiger partial charge in [0.25, 0.3) is 0 Å². The SMILES string of the molecule is O=C(c1ccc2c(c1)CCO2)C1CCCCS1(=O)=O. The van der Waals surface area contributed by atoms with Gasteiger partial charge in [0.1, 0.15) is 11.0 Å². The smallest absolute Gasteiger partial charge is 0.180 e. The molecule has 1 aromatic carbocycles. The summed E-state index contributed by atoms with van der Waals surface area (Å²) in [6.07, 6.45) is 2.72. The summed E-state index contributed by atoms with van der Waals surface area (Å²) in [6, 6.07) is 5.23. The van der Waals surface area contributed by atoms with Gasteiger partial charge in [0.15, 0.2) is 15.6 Å². The number of carbonyl (C=O) groups is 1. The Morgan fingerprint density at radius 2 is 2.11 bits per heavy atom. The maximum atomic E-state index is 12.4. The molecule has 2 heterocycles. The molecule has 4 nitrogen and oxygen atoms in total. The first-order valence-electron chi connectivity index (χ1n) is 6.59. The molecular weight excluding hydrogens is 264 g/mol. The van der Waals surface area contributed by atoms with Crippen molar-refractivity contribution in [3.8, 4) is 5.75 Å². The van der Waals surface area contributed by atoms with E-state index >= 15 is 0 Å². The van der Waals surface area contributed by atoms with Crippen molar-refractivity contribution in [3.05, 3.63) is 29.3 Å². The summed E-state index contributed by atoms with van der Waals surface area (Å²) >= 11 is 0. The van der Waals surface area contributed by atoms with Gasteiger partial charge in [-0.25, -0.2) is 8.42 Å². The summed E-state index contributed by atoms with van der Waals surface area (Å²) < 4.78 is 29.4. The van der Waals surface area contributed by atoms with Crippen LogP contribution in [0, 0.1) is 0 Å². The highest BCUT2D eigenvalue weighted by atomic mass is 32.2. The summed E-state index contributed by atoms with van der Waals surface area (Å²) in [5, 5.41) is -0.846. The summed E-state index contributed by atoms with van der Waals surface area (Å²) in [4.78, 5) is 12.4. The Hall–Kier alpha value is -1.36. The Kier molecular flexibility index (Phi) is 3.09. The number of hydrogen-bond donors (Lipinski definition) is 0. The lowest BCUT2D eigenvalue weighted by molar-refractivity contribution is 0.0981. The lowest BCUT2D eigenvalue weighted by Crippen LogP contribution is -2.35. The molecule has 0 spiro atoms. The Balaban J connectivity index is 1.91. The van der Waals surface area contributed by atoms with Gasteiger partial charge < -0.3 is 4.74 Å². The number of ketones is 1. The van der Waals surface area contributed by atoms with Crippen LogP contribution in [0.5, 0.6) is 5.75 Å². The zero-order valence-corrected chi connectivity index (χ0v) is 11.4. The van der Waals surface area contributed by atoms with Crippen LogP contribution in [0.25, 0.3) is 0 Å². The summed E-state index contributed by atoms with van der Waals surface area (Å²) in [7, 11) is -3.27. The fourth-order valence-electron chi connectivity index (χ4n) is 2.77. The molecule has 5 heteroatoms. The fourth-order valence-corrected chi connectivity index (χ4v) is 4.65. The molecule has 0 bridgehead atoms. The molecule has 1 unspecified atom stereocenters. The van der Waals surface area contributed by atoms with Gasteiger partial charge in [-0.15, -0.1) is 0 Å². The van der Waals surface area contributed by atoms with Gasteiger partial charge >= 0.3 is 0 Å². The van der Waals surface area contributed by atoms with E-state index in [2.05, 4.69) is 0 Å². The molecule has 3 rings (SSSR count). The first-order valence-corrected chi connectivity index (χ1v) is 8.31. The summed E-state index contributed by atoms with van der Waals surface area (Å²) in [6.45, 7) is 0.634. The van der Waals surface area contributed by atoms with Crippen LogP contribution in [0.2, 0.25) is 0 Å². The van der Waals surface area contributed by atoms with Crippen molar-refractivity contribution in [2.24, 2.45) is 0 Å². The third kappa shape index (κ3) is 2.27. The van der Waals surface area contributed by atoms with Crippen LogP contribution < -0.4 is 4.74 Å². The quantitative estimate of drug-likeness (QED) is 0.775. The van der Waals surface area contributed by atoms with Crippen LogP contribution in [0.1, 0.15) is 35.2 Å². The van der Waals surface area contributed by atoms with E-state index < -0.39 is 15.1 Å². The van der Waals surface area contributed by atoms with Crippen molar-refractivity contribution >= 4 is 15.6 Å². The number of benzene rings is 1. The fraction of sp³-hybridized carbons (Fsp3) is 0.500. The van der Waals surface area contributed by atoms with Crippen molar-refractivity contribution in [1.82, 2.24) is 0 Å². The van der Waals surface area contributed by atoms with E-state index in [1.165, 1.54) is 0 Å². The average molecular weight is 280 g/mol. The normalized spacial score (nSPS) is 24.5. The van der Waals surface area contributed by atoms with Crippen LogP contribution in [-0.2, 0) is 16.3 Å². The van der Waals surface area contributed by atoms with Crippen LogP contribution in [0.3, 0.4) is 0 Å².